The number of nitrogens with zero attached hydrogens (tertiary/aromatic N) is 2. The number of rotatable bonds is 2. The first-order valence-corrected chi connectivity index (χ1v) is 7.59. The van der Waals surface area contributed by atoms with Crippen LogP contribution in [0, 0.1) is 5.82 Å². The maximum absolute atomic E-state index is 13.2. The van der Waals surface area contributed by atoms with Crippen LogP contribution in [0.25, 0.3) is 0 Å². The fraction of sp³-hybridized carbons (Fsp3) is 0.333. The number of carbonyl (C=O) groups is 1. The Labute approximate surface area is 135 Å². The number of aromatic nitrogens is 2. The van der Waals surface area contributed by atoms with E-state index in [4.69, 9.17) is 5.10 Å². The number of nitrogens with one attached hydrogen (secondary N) is 1. The van der Waals surface area contributed by atoms with Crippen LogP contribution in [0.3, 0.4) is 0 Å². The largest absolute Gasteiger partial charge is 0.344 e. The van der Waals surface area contributed by atoms with Crippen LogP contribution in [0.4, 0.5) is 10.2 Å². The number of hydrogen-bond donors (Lipinski definition) is 1. The Morgan fingerprint density at radius 2 is 1.91 bits per heavy atom. The Balaban J connectivity index is 2.18. The van der Waals surface area contributed by atoms with Gasteiger partial charge >= 0.3 is 0 Å². The van der Waals surface area contributed by atoms with Crippen LogP contribution in [-0.2, 0) is 10.2 Å². The highest BCUT2D eigenvalue weighted by molar-refractivity contribution is 5.80. The molecule has 1 aliphatic heterocycles. The number of benzene rings is 1. The van der Waals surface area contributed by atoms with Gasteiger partial charge in [-0.1, -0.05) is 32.9 Å². The van der Waals surface area contributed by atoms with Gasteiger partial charge in [-0.25, -0.2) is 9.07 Å². The molecule has 1 aliphatic rings. The third-order valence-electron chi connectivity index (χ3n) is 4.10. The average molecular weight is 313 g/mol. The molecule has 1 aromatic carbocycles. The van der Waals surface area contributed by atoms with Crippen molar-refractivity contribution in [2.24, 2.45) is 0 Å². The van der Waals surface area contributed by atoms with Crippen molar-refractivity contribution in [3.8, 4) is 0 Å². The smallest absolute Gasteiger partial charge is 0.150 e. The van der Waals surface area contributed by atoms with E-state index in [1.165, 1.54) is 12.1 Å². The summed E-state index contributed by atoms with van der Waals surface area (Å²) in [6, 6.07) is 7.86. The summed E-state index contributed by atoms with van der Waals surface area (Å²) in [4.78, 5) is 11.6. The van der Waals surface area contributed by atoms with Crippen LogP contribution in [0.15, 0.2) is 41.6 Å². The molecule has 1 N–H and O–H groups in total. The van der Waals surface area contributed by atoms with Crippen molar-refractivity contribution in [3.63, 3.8) is 0 Å². The van der Waals surface area contributed by atoms with E-state index in [1.807, 2.05) is 17.7 Å². The van der Waals surface area contributed by atoms with Gasteiger partial charge in [-0.2, -0.15) is 5.10 Å². The second-order valence-electron chi connectivity index (χ2n) is 6.89. The number of fused-ring (bicyclic) bond motifs is 1. The molecule has 0 fully saturated rings. The summed E-state index contributed by atoms with van der Waals surface area (Å²) >= 11 is 0. The van der Waals surface area contributed by atoms with E-state index in [0.717, 1.165) is 29.1 Å². The van der Waals surface area contributed by atoms with Crippen LogP contribution in [0.2, 0.25) is 0 Å². The summed E-state index contributed by atoms with van der Waals surface area (Å²) < 4.78 is 15.1. The SMILES string of the molecule is CC1=C(C=O)C(c2ccc(F)cc2)n2nc(C(C)(C)C)cc2N1. The minimum Gasteiger partial charge on any atom is -0.344 e. The quantitative estimate of drug-likeness (QED) is 0.858. The molecule has 120 valence electrons. The van der Waals surface area contributed by atoms with E-state index in [-0.39, 0.29) is 17.3 Å². The molecule has 0 bridgehead atoms. The highest BCUT2D eigenvalue weighted by Crippen LogP contribution is 2.37. The molecule has 2 heterocycles. The van der Waals surface area contributed by atoms with Gasteiger partial charge in [0.15, 0.2) is 0 Å². The summed E-state index contributed by atoms with van der Waals surface area (Å²) in [5.41, 5.74) is 3.07. The number of anilines is 1. The monoisotopic (exact) mass is 313 g/mol. The fourth-order valence-corrected chi connectivity index (χ4v) is 2.77. The molecular weight excluding hydrogens is 293 g/mol. The third kappa shape index (κ3) is 2.67. The van der Waals surface area contributed by atoms with E-state index < -0.39 is 0 Å². The van der Waals surface area contributed by atoms with Crippen LogP contribution in [0.5, 0.6) is 0 Å². The molecule has 0 amide bonds. The van der Waals surface area contributed by atoms with Gasteiger partial charge in [0.05, 0.1) is 5.69 Å². The maximum Gasteiger partial charge on any atom is 0.150 e. The lowest BCUT2D eigenvalue weighted by atomic mass is 9.92. The second-order valence-corrected chi connectivity index (χ2v) is 6.89. The van der Waals surface area contributed by atoms with Gasteiger partial charge in [0, 0.05) is 22.8 Å². The minimum atomic E-state index is -0.347. The van der Waals surface area contributed by atoms with E-state index in [9.17, 15) is 9.18 Å². The van der Waals surface area contributed by atoms with Gasteiger partial charge in [-0.05, 0) is 24.6 Å². The van der Waals surface area contributed by atoms with Crippen molar-refractivity contribution >= 4 is 12.1 Å². The Morgan fingerprint density at radius 3 is 2.48 bits per heavy atom. The lowest BCUT2D eigenvalue weighted by molar-refractivity contribution is -0.105. The molecule has 4 nitrogen and oxygen atoms in total. The van der Waals surface area contributed by atoms with Crippen molar-refractivity contribution in [1.82, 2.24) is 9.78 Å². The Bertz CT molecular complexity index is 782. The van der Waals surface area contributed by atoms with Gasteiger partial charge in [0.2, 0.25) is 0 Å². The molecule has 5 heteroatoms. The molecule has 0 radical (unpaired) electrons. The third-order valence-corrected chi connectivity index (χ3v) is 4.10. The average Bonchev–Trinajstić information content (AvgIpc) is 2.90. The van der Waals surface area contributed by atoms with Crippen molar-refractivity contribution in [3.05, 3.63) is 58.7 Å². The number of hydrogen-bond acceptors (Lipinski definition) is 3. The van der Waals surface area contributed by atoms with Crippen LogP contribution in [-0.4, -0.2) is 16.1 Å². The lowest BCUT2D eigenvalue weighted by Gasteiger charge is -2.27. The molecule has 0 saturated carbocycles. The standard InChI is InChI=1S/C18H20FN3O/c1-11-14(10-23)17(12-5-7-13(19)8-6-12)22-16(20-11)9-15(21-22)18(2,3)4/h5-10,17,20H,1-4H3. The molecule has 1 unspecified atom stereocenters. The Morgan fingerprint density at radius 1 is 1.26 bits per heavy atom. The van der Waals surface area contributed by atoms with Crippen molar-refractivity contribution in [2.75, 3.05) is 5.32 Å². The van der Waals surface area contributed by atoms with Gasteiger partial charge < -0.3 is 5.32 Å². The maximum atomic E-state index is 13.2. The summed E-state index contributed by atoms with van der Waals surface area (Å²) in [6.45, 7) is 8.15. The van der Waals surface area contributed by atoms with Gasteiger partial charge in [0.25, 0.3) is 0 Å². The zero-order valence-electron chi connectivity index (χ0n) is 13.7. The van der Waals surface area contributed by atoms with Gasteiger partial charge in [-0.15, -0.1) is 0 Å². The summed E-state index contributed by atoms with van der Waals surface area (Å²) in [5, 5.41) is 7.94. The predicted octanol–water partition coefficient (Wildman–Crippen LogP) is 3.81. The number of halogens is 1. The topological polar surface area (TPSA) is 46.9 Å². The summed E-state index contributed by atoms with van der Waals surface area (Å²) in [7, 11) is 0. The first-order chi connectivity index (χ1) is 10.8. The summed E-state index contributed by atoms with van der Waals surface area (Å²) in [5.74, 6) is 0.541. The molecule has 3 rings (SSSR count). The first kappa shape index (κ1) is 15.5. The first-order valence-electron chi connectivity index (χ1n) is 7.59. The van der Waals surface area contributed by atoms with Crippen LogP contribution in [0.1, 0.15) is 45.0 Å². The minimum absolute atomic E-state index is 0.103. The second kappa shape index (κ2) is 5.33. The van der Waals surface area contributed by atoms with E-state index in [1.54, 1.807) is 12.1 Å². The highest BCUT2D eigenvalue weighted by Gasteiger charge is 2.31. The fourth-order valence-electron chi connectivity index (χ4n) is 2.77. The van der Waals surface area contributed by atoms with E-state index in [0.29, 0.717) is 5.57 Å². The molecular formula is C18H20FN3O. The molecule has 0 aliphatic carbocycles. The highest BCUT2D eigenvalue weighted by atomic mass is 19.1. The molecule has 1 atom stereocenters. The van der Waals surface area contributed by atoms with Gasteiger partial charge in [0.1, 0.15) is 24.0 Å². The van der Waals surface area contributed by atoms with Crippen LogP contribution >= 0.6 is 0 Å². The van der Waals surface area contributed by atoms with Gasteiger partial charge in [-0.3, -0.25) is 4.79 Å². The molecule has 0 saturated heterocycles. The van der Waals surface area contributed by atoms with Crippen molar-refractivity contribution < 1.29 is 9.18 Å². The van der Waals surface area contributed by atoms with Crippen molar-refractivity contribution in [1.29, 1.82) is 0 Å². The predicted molar refractivity (Wildman–Crippen MR) is 87.9 cm³/mol. The number of allylic oxidation sites excluding steroid dienone is 2. The summed E-state index contributed by atoms with van der Waals surface area (Å²) in [6.07, 6.45) is 0.845. The Hall–Kier alpha value is -2.43. The van der Waals surface area contributed by atoms with Crippen molar-refractivity contribution in [2.45, 2.75) is 39.2 Å². The van der Waals surface area contributed by atoms with E-state index >= 15 is 0 Å². The zero-order chi connectivity index (χ0) is 16.8. The lowest BCUT2D eigenvalue weighted by Crippen LogP contribution is -2.25. The Kier molecular flexibility index (Phi) is 3.59. The molecule has 2 aromatic rings. The zero-order valence-corrected chi connectivity index (χ0v) is 13.7. The molecule has 1 aromatic heterocycles. The van der Waals surface area contributed by atoms with Crippen LogP contribution < -0.4 is 5.32 Å². The number of aldehydes is 1. The number of carbonyl (C=O) groups excluding carboxylic acids is 1. The van der Waals surface area contributed by atoms with E-state index in [2.05, 4.69) is 26.1 Å². The normalized spacial score (nSPS) is 17.7. The molecule has 23 heavy (non-hydrogen) atoms. The molecule has 0 spiro atoms.